The maximum Gasteiger partial charge on any atom is 0.319 e. The molecule has 0 aliphatic heterocycles. The molecule has 0 fully saturated rings. The Hall–Kier alpha value is -8.75. The Morgan fingerprint density at radius 2 is 1.29 bits per heavy atom. The first-order valence-electron chi connectivity index (χ1n) is 25.1. The number of fused-ring (bicyclic) bond motifs is 1. The lowest BCUT2D eigenvalue weighted by Crippen LogP contribution is -2.59. The number of H-pyrrole nitrogens is 1. The van der Waals surface area contributed by atoms with E-state index in [0.29, 0.717) is 41.6 Å². The minimum absolute atomic E-state index is 0.00680. The van der Waals surface area contributed by atoms with Gasteiger partial charge in [0.05, 0.1) is 19.4 Å². The second-order valence-corrected chi connectivity index (χ2v) is 18.5. The van der Waals surface area contributed by atoms with Crippen molar-refractivity contribution >= 4 is 69.9 Å². The quantitative estimate of drug-likeness (QED) is 0.0309. The lowest BCUT2D eigenvalue weighted by atomic mass is 10.0. The SMILES string of the molecule is CCCC[C@H](NC(=O)Cc1ccc(O)cc1)C(=O)NCC(=O)N[C@@H](Cc1c[nH]c2ccccc12)C(=O)N[C@@H](CCCCNC(=O)Nc1ccccc1C)C(=O)N[C@@H](CC(=O)O)C(=O)N(C)[C@@H](Cc1ccccc1)C(N)=O. The number of aliphatic carboxylic acids is 1. The lowest BCUT2D eigenvalue weighted by Gasteiger charge is -2.30. The summed E-state index contributed by atoms with van der Waals surface area (Å²) in [5.74, 6) is -6.93. The van der Waals surface area contributed by atoms with Crippen LogP contribution in [0.3, 0.4) is 0 Å². The van der Waals surface area contributed by atoms with E-state index >= 15 is 0 Å². The van der Waals surface area contributed by atoms with Crippen molar-refractivity contribution < 1.29 is 53.4 Å². The molecule has 0 saturated carbocycles. The number of carbonyl (C=O) groups is 9. The summed E-state index contributed by atoms with van der Waals surface area (Å²) in [4.78, 5) is 125. The zero-order valence-electron chi connectivity index (χ0n) is 42.9. The Kier molecular flexibility index (Phi) is 22.4. The van der Waals surface area contributed by atoms with Crippen LogP contribution in [0.2, 0.25) is 0 Å². The van der Waals surface area contributed by atoms with Gasteiger partial charge in [-0.2, -0.15) is 0 Å². The summed E-state index contributed by atoms with van der Waals surface area (Å²) in [5.41, 5.74) is 9.81. The average molecular weight is 1050 g/mol. The van der Waals surface area contributed by atoms with Gasteiger partial charge in [0, 0.05) is 49.2 Å². The van der Waals surface area contributed by atoms with E-state index in [4.69, 9.17) is 5.73 Å². The molecular formula is C55H68N10O11. The van der Waals surface area contributed by atoms with Crippen molar-refractivity contribution in [1.82, 2.24) is 41.8 Å². The molecule has 9 amide bonds. The first-order chi connectivity index (χ1) is 36.4. The number of likely N-dealkylation sites (N-methyl/N-ethyl adjacent to an activating group) is 1. The third kappa shape index (κ3) is 18.3. The number of anilines is 1. The van der Waals surface area contributed by atoms with Gasteiger partial charge in [0.1, 0.15) is 36.0 Å². The number of amides is 9. The van der Waals surface area contributed by atoms with E-state index in [-0.39, 0.29) is 50.8 Å². The van der Waals surface area contributed by atoms with Gasteiger partial charge in [-0.3, -0.25) is 38.4 Å². The number of nitrogens with zero attached hydrogens (tertiary/aromatic N) is 1. The number of phenolic OH excluding ortho intramolecular Hbond substituents is 1. The van der Waals surface area contributed by atoms with Crippen molar-refractivity contribution in [3.63, 3.8) is 0 Å². The Bertz CT molecular complexity index is 2800. The zero-order chi connectivity index (χ0) is 55.1. The molecule has 5 rings (SSSR count). The van der Waals surface area contributed by atoms with Crippen LogP contribution in [0.1, 0.15) is 74.1 Å². The maximum atomic E-state index is 14.6. The molecule has 404 valence electrons. The number of rotatable bonds is 29. The molecule has 0 aliphatic carbocycles. The summed E-state index contributed by atoms with van der Waals surface area (Å²) in [6, 6.07) is 21.9. The van der Waals surface area contributed by atoms with Crippen molar-refractivity contribution in [2.24, 2.45) is 5.73 Å². The summed E-state index contributed by atoms with van der Waals surface area (Å²) < 4.78 is 0. The second-order valence-electron chi connectivity index (χ2n) is 18.5. The van der Waals surface area contributed by atoms with Crippen molar-refractivity contribution in [2.75, 3.05) is 25.5 Å². The summed E-state index contributed by atoms with van der Waals surface area (Å²) in [7, 11) is 1.27. The van der Waals surface area contributed by atoms with Crippen LogP contribution in [0.5, 0.6) is 5.75 Å². The molecule has 0 unspecified atom stereocenters. The molecule has 1 aromatic heterocycles. The topological polar surface area (TPSA) is 323 Å². The largest absolute Gasteiger partial charge is 0.508 e. The van der Waals surface area contributed by atoms with Gasteiger partial charge in [0.25, 0.3) is 0 Å². The van der Waals surface area contributed by atoms with E-state index in [9.17, 15) is 53.4 Å². The average Bonchev–Trinajstić information content (AvgIpc) is 3.81. The molecule has 4 aromatic carbocycles. The maximum absolute atomic E-state index is 14.6. The number of phenols is 1. The molecule has 1 heterocycles. The molecule has 0 radical (unpaired) electrons. The van der Waals surface area contributed by atoms with Crippen molar-refractivity contribution in [3.8, 4) is 5.75 Å². The van der Waals surface area contributed by atoms with Gasteiger partial charge in [-0.1, -0.05) is 98.6 Å². The fraction of sp³-hybridized carbons (Fsp3) is 0.364. The number of unbranched alkanes of at least 4 members (excludes halogenated alkanes) is 2. The first-order valence-corrected chi connectivity index (χ1v) is 25.1. The van der Waals surface area contributed by atoms with E-state index in [2.05, 4.69) is 42.2 Å². The molecule has 5 aromatic rings. The third-order valence-electron chi connectivity index (χ3n) is 12.6. The smallest absolute Gasteiger partial charge is 0.319 e. The number of aromatic hydroxyl groups is 1. The highest BCUT2D eigenvalue weighted by Gasteiger charge is 2.35. The summed E-state index contributed by atoms with van der Waals surface area (Å²) >= 11 is 0. The molecule has 0 bridgehead atoms. The number of carboxylic acid groups (broad SMARTS) is 1. The molecule has 21 nitrogen and oxygen atoms in total. The van der Waals surface area contributed by atoms with Gasteiger partial charge in [-0.25, -0.2) is 4.79 Å². The van der Waals surface area contributed by atoms with Crippen LogP contribution in [0.15, 0.2) is 109 Å². The molecule has 12 N–H and O–H groups in total. The standard InChI is InChI=1S/C55H68N10O11/c1-4-5-19-42(60-47(67)29-36-23-25-38(66)26-24-36)51(72)59-33-48(68)61-44(30-37-32-58-41-21-12-10-18-39(37)41)53(74)62-43(22-13-14-27-57-55(76)64-40-20-11-9-15-34(40)2)52(73)63-45(31-49(69)70)54(75)65(3)46(50(56)71)28-35-16-7-6-8-17-35/h6-12,15-18,20-21,23-26,32,42-46,58,66H,4-5,13-14,19,22,27-31,33H2,1-3H3,(H2,56,71)(H,59,72)(H,60,67)(H,61,68)(H,62,74)(H,63,73)(H,69,70)(H2,57,64,76)/t42-,43-,44-,45-,46-/m0/s1. The number of aryl methyl sites for hydroxylation is 1. The molecule has 0 spiro atoms. The predicted octanol–water partition coefficient (Wildman–Crippen LogP) is 3.23. The number of para-hydroxylation sites is 2. The number of benzene rings is 4. The number of aromatic nitrogens is 1. The second kappa shape index (κ2) is 29.2. The number of carboxylic acids is 1. The van der Waals surface area contributed by atoms with Crippen LogP contribution in [0, 0.1) is 6.92 Å². The van der Waals surface area contributed by atoms with E-state index < -0.39 is 96.5 Å². The molecule has 0 aliphatic rings. The highest BCUT2D eigenvalue weighted by molar-refractivity contribution is 5.98. The highest BCUT2D eigenvalue weighted by atomic mass is 16.4. The number of aromatic amines is 1. The third-order valence-corrected chi connectivity index (χ3v) is 12.6. The predicted molar refractivity (Wildman–Crippen MR) is 284 cm³/mol. The number of nitrogens with one attached hydrogen (secondary N) is 8. The van der Waals surface area contributed by atoms with Crippen LogP contribution < -0.4 is 43.0 Å². The van der Waals surface area contributed by atoms with Crippen molar-refractivity contribution in [1.29, 1.82) is 0 Å². The Morgan fingerprint density at radius 3 is 1.99 bits per heavy atom. The number of urea groups is 1. The van der Waals surface area contributed by atoms with Crippen molar-refractivity contribution in [2.45, 2.75) is 108 Å². The van der Waals surface area contributed by atoms with Gasteiger partial charge in [-0.05, 0) is 79.1 Å². The van der Waals surface area contributed by atoms with E-state index in [1.54, 1.807) is 66.9 Å². The van der Waals surface area contributed by atoms with Crippen LogP contribution in [-0.2, 0) is 57.6 Å². The summed E-state index contributed by atoms with van der Waals surface area (Å²) in [6.07, 6.45) is 2.54. The van der Waals surface area contributed by atoms with Crippen molar-refractivity contribution in [3.05, 3.63) is 132 Å². The Morgan fingerprint density at radius 1 is 0.658 bits per heavy atom. The van der Waals surface area contributed by atoms with Gasteiger partial charge in [-0.15, -0.1) is 0 Å². The summed E-state index contributed by atoms with van der Waals surface area (Å²) in [5, 5.41) is 39.0. The molecular weight excluding hydrogens is 977 g/mol. The van der Waals surface area contributed by atoms with Gasteiger partial charge >= 0.3 is 12.0 Å². The van der Waals surface area contributed by atoms with E-state index in [0.717, 1.165) is 21.4 Å². The minimum Gasteiger partial charge on any atom is -0.508 e. The van der Waals surface area contributed by atoms with Crippen LogP contribution in [-0.4, -0.2) is 124 Å². The van der Waals surface area contributed by atoms with E-state index in [1.165, 1.54) is 19.2 Å². The van der Waals surface area contributed by atoms with Crippen LogP contribution >= 0.6 is 0 Å². The Labute approximate surface area is 440 Å². The number of nitrogens with two attached hydrogens (primary N) is 1. The van der Waals surface area contributed by atoms with Crippen LogP contribution in [0.4, 0.5) is 10.5 Å². The lowest BCUT2D eigenvalue weighted by molar-refractivity contribution is -0.146. The molecule has 5 atom stereocenters. The fourth-order valence-electron chi connectivity index (χ4n) is 8.40. The minimum atomic E-state index is -1.73. The first kappa shape index (κ1) is 58.1. The van der Waals surface area contributed by atoms with Crippen LogP contribution in [0.25, 0.3) is 10.9 Å². The molecule has 76 heavy (non-hydrogen) atoms. The number of hydrogen-bond acceptors (Lipinski definition) is 10. The number of carbonyl (C=O) groups excluding carboxylic acids is 8. The molecule has 0 saturated heterocycles. The van der Waals surface area contributed by atoms with Gasteiger partial charge in [0.15, 0.2) is 0 Å². The highest BCUT2D eigenvalue weighted by Crippen LogP contribution is 2.20. The number of primary amides is 1. The van der Waals surface area contributed by atoms with Gasteiger partial charge < -0.3 is 63.0 Å². The zero-order valence-corrected chi connectivity index (χ0v) is 42.9. The monoisotopic (exact) mass is 1040 g/mol. The van der Waals surface area contributed by atoms with E-state index in [1.807, 2.05) is 44.2 Å². The summed E-state index contributed by atoms with van der Waals surface area (Å²) in [6.45, 7) is 3.30. The normalized spacial score (nSPS) is 12.9. The fourth-order valence-corrected chi connectivity index (χ4v) is 8.40. The number of hydrogen-bond donors (Lipinski definition) is 11. The molecule has 21 heteroatoms. The Balaban J connectivity index is 1.35. The van der Waals surface area contributed by atoms with Gasteiger partial charge in [0.2, 0.25) is 41.4 Å².